The zero-order chi connectivity index (χ0) is 17.8. The molecule has 1 aliphatic rings. The molecule has 2 heterocycles. The van der Waals surface area contributed by atoms with Gasteiger partial charge in [0.15, 0.2) is 0 Å². The van der Waals surface area contributed by atoms with Gasteiger partial charge in [0.05, 0.1) is 5.56 Å². The number of pyridine rings is 1. The highest BCUT2D eigenvalue weighted by atomic mass is 32.2. The van der Waals surface area contributed by atoms with Gasteiger partial charge in [0.1, 0.15) is 5.03 Å². The van der Waals surface area contributed by atoms with E-state index in [9.17, 15) is 9.59 Å². The molecule has 0 saturated carbocycles. The number of nitrogens with one attached hydrogen (secondary N) is 1. The summed E-state index contributed by atoms with van der Waals surface area (Å²) < 4.78 is 0. The first-order valence-corrected chi connectivity index (χ1v) is 9.54. The van der Waals surface area contributed by atoms with E-state index in [1.165, 1.54) is 11.8 Å². The number of aromatic nitrogens is 1. The summed E-state index contributed by atoms with van der Waals surface area (Å²) in [5.74, 6) is -0.0491. The van der Waals surface area contributed by atoms with E-state index in [0.29, 0.717) is 22.7 Å². The van der Waals surface area contributed by atoms with Crippen molar-refractivity contribution in [2.75, 3.05) is 23.0 Å². The molecule has 0 atom stereocenters. The molecule has 5 nitrogen and oxygen atoms in total. The minimum atomic E-state index is -0.197. The normalized spacial score (nSPS) is 14.5. The summed E-state index contributed by atoms with van der Waals surface area (Å²) in [6.45, 7) is 2.71. The Morgan fingerprint density at radius 1 is 1.28 bits per heavy atom. The van der Waals surface area contributed by atoms with Gasteiger partial charge in [0, 0.05) is 30.5 Å². The maximum Gasteiger partial charge on any atom is 0.258 e. The molecule has 2 amide bonds. The number of hydrogen-bond donors (Lipinski definition) is 1. The van der Waals surface area contributed by atoms with Crippen molar-refractivity contribution >= 4 is 35.0 Å². The van der Waals surface area contributed by atoms with Crippen LogP contribution in [0.25, 0.3) is 0 Å². The second-order valence-corrected chi connectivity index (χ2v) is 6.81. The predicted molar refractivity (Wildman–Crippen MR) is 101 cm³/mol. The van der Waals surface area contributed by atoms with Gasteiger partial charge >= 0.3 is 0 Å². The fourth-order valence-electron chi connectivity index (χ4n) is 2.96. The number of piperidine rings is 1. The molecule has 1 N–H and O–H groups in total. The SMILES string of the molecule is CSc1ncccc1C(=O)Nc1ccc(C)c(N2CCCCC2=O)c1. The van der Waals surface area contributed by atoms with Crippen molar-refractivity contribution in [3.05, 3.63) is 47.7 Å². The molecule has 130 valence electrons. The van der Waals surface area contributed by atoms with Crippen LogP contribution in [0.3, 0.4) is 0 Å². The van der Waals surface area contributed by atoms with Crippen LogP contribution in [0.1, 0.15) is 35.2 Å². The summed E-state index contributed by atoms with van der Waals surface area (Å²) in [6.07, 6.45) is 6.11. The molecule has 1 saturated heterocycles. The Labute approximate surface area is 151 Å². The van der Waals surface area contributed by atoms with Gasteiger partial charge in [-0.3, -0.25) is 9.59 Å². The van der Waals surface area contributed by atoms with Crippen LogP contribution in [-0.2, 0) is 4.79 Å². The number of thioether (sulfide) groups is 1. The number of hydrogen-bond acceptors (Lipinski definition) is 4. The smallest absolute Gasteiger partial charge is 0.258 e. The molecule has 1 fully saturated rings. The highest BCUT2D eigenvalue weighted by Gasteiger charge is 2.21. The largest absolute Gasteiger partial charge is 0.322 e. The molecule has 6 heteroatoms. The van der Waals surface area contributed by atoms with Crippen molar-refractivity contribution in [3.8, 4) is 0 Å². The van der Waals surface area contributed by atoms with Crippen LogP contribution in [0, 0.1) is 6.92 Å². The number of benzene rings is 1. The minimum absolute atomic E-state index is 0.148. The molecular weight excluding hydrogens is 334 g/mol. The van der Waals surface area contributed by atoms with Gasteiger partial charge in [-0.1, -0.05) is 6.07 Å². The molecule has 2 aromatic rings. The number of carbonyl (C=O) groups is 2. The zero-order valence-corrected chi connectivity index (χ0v) is 15.2. The Bertz CT molecular complexity index is 807. The highest BCUT2D eigenvalue weighted by Crippen LogP contribution is 2.28. The zero-order valence-electron chi connectivity index (χ0n) is 14.4. The van der Waals surface area contributed by atoms with Gasteiger partial charge in [-0.25, -0.2) is 4.98 Å². The first-order chi connectivity index (χ1) is 12.1. The van der Waals surface area contributed by atoms with Crippen LogP contribution < -0.4 is 10.2 Å². The molecular formula is C19H21N3O2S. The van der Waals surface area contributed by atoms with E-state index in [-0.39, 0.29) is 11.8 Å². The number of aryl methyl sites for hydroxylation is 1. The molecule has 0 bridgehead atoms. The summed E-state index contributed by atoms with van der Waals surface area (Å²) in [5.41, 5.74) is 3.13. The van der Waals surface area contributed by atoms with E-state index >= 15 is 0 Å². The number of anilines is 2. The lowest BCUT2D eigenvalue weighted by Gasteiger charge is -2.28. The highest BCUT2D eigenvalue weighted by molar-refractivity contribution is 7.98. The Morgan fingerprint density at radius 3 is 2.88 bits per heavy atom. The van der Waals surface area contributed by atoms with Gasteiger partial charge < -0.3 is 10.2 Å². The topological polar surface area (TPSA) is 62.3 Å². The fraction of sp³-hybridized carbons (Fsp3) is 0.316. The average Bonchev–Trinajstić information content (AvgIpc) is 2.64. The van der Waals surface area contributed by atoms with E-state index < -0.39 is 0 Å². The van der Waals surface area contributed by atoms with Crippen molar-refractivity contribution in [1.82, 2.24) is 4.98 Å². The van der Waals surface area contributed by atoms with E-state index in [1.54, 1.807) is 18.3 Å². The first kappa shape index (κ1) is 17.5. The average molecular weight is 355 g/mol. The van der Waals surface area contributed by atoms with Gasteiger partial charge in [-0.2, -0.15) is 0 Å². The van der Waals surface area contributed by atoms with Gasteiger partial charge in [0.2, 0.25) is 5.91 Å². The second-order valence-electron chi connectivity index (χ2n) is 6.02. The van der Waals surface area contributed by atoms with Crippen molar-refractivity contribution in [2.45, 2.75) is 31.2 Å². The van der Waals surface area contributed by atoms with Crippen LogP contribution in [0.4, 0.5) is 11.4 Å². The van der Waals surface area contributed by atoms with Crippen LogP contribution in [-0.4, -0.2) is 29.6 Å². The maximum atomic E-state index is 12.6. The van der Waals surface area contributed by atoms with E-state index in [1.807, 2.05) is 36.3 Å². The Morgan fingerprint density at radius 2 is 2.12 bits per heavy atom. The summed E-state index contributed by atoms with van der Waals surface area (Å²) in [7, 11) is 0. The second kappa shape index (κ2) is 7.70. The quantitative estimate of drug-likeness (QED) is 0.846. The third-order valence-electron chi connectivity index (χ3n) is 4.29. The van der Waals surface area contributed by atoms with Crippen LogP contribution >= 0.6 is 11.8 Å². The van der Waals surface area contributed by atoms with Gasteiger partial charge in [-0.15, -0.1) is 11.8 Å². The van der Waals surface area contributed by atoms with E-state index in [0.717, 1.165) is 30.6 Å². The monoisotopic (exact) mass is 355 g/mol. The Balaban J connectivity index is 1.85. The molecule has 1 aliphatic heterocycles. The molecule has 0 spiro atoms. The van der Waals surface area contributed by atoms with E-state index in [2.05, 4.69) is 10.3 Å². The molecule has 1 aromatic carbocycles. The minimum Gasteiger partial charge on any atom is -0.322 e. The maximum absolute atomic E-state index is 12.6. The third-order valence-corrected chi connectivity index (χ3v) is 5.00. The number of nitrogens with zero attached hydrogens (tertiary/aromatic N) is 2. The summed E-state index contributed by atoms with van der Waals surface area (Å²) in [5, 5.41) is 3.62. The lowest BCUT2D eigenvalue weighted by atomic mass is 10.1. The lowest BCUT2D eigenvalue weighted by molar-refractivity contribution is -0.119. The van der Waals surface area contributed by atoms with Crippen molar-refractivity contribution in [1.29, 1.82) is 0 Å². The van der Waals surface area contributed by atoms with Crippen molar-refractivity contribution < 1.29 is 9.59 Å². The fourth-order valence-corrected chi connectivity index (χ4v) is 3.51. The summed E-state index contributed by atoms with van der Waals surface area (Å²) in [6, 6.07) is 9.19. The third kappa shape index (κ3) is 3.85. The van der Waals surface area contributed by atoms with Crippen LogP contribution in [0.2, 0.25) is 0 Å². The lowest BCUT2D eigenvalue weighted by Crippen LogP contribution is -2.35. The number of rotatable bonds is 4. The molecule has 3 rings (SSSR count). The first-order valence-electron chi connectivity index (χ1n) is 8.31. The van der Waals surface area contributed by atoms with Crippen LogP contribution in [0.15, 0.2) is 41.6 Å². The van der Waals surface area contributed by atoms with E-state index in [4.69, 9.17) is 0 Å². The Hall–Kier alpha value is -2.34. The Kier molecular flexibility index (Phi) is 5.38. The van der Waals surface area contributed by atoms with Gasteiger partial charge in [-0.05, 0) is 55.9 Å². The predicted octanol–water partition coefficient (Wildman–Crippen LogP) is 3.88. The molecule has 0 radical (unpaired) electrons. The number of amides is 2. The van der Waals surface area contributed by atoms with Crippen molar-refractivity contribution in [2.24, 2.45) is 0 Å². The van der Waals surface area contributed by atoms with Crippen LogP contribution in [0.5, 0.6) is 0 Å². The van der Waals surface area contributed by atoms with Gasteiger partial charge in [0.25, 0.3) is 5.91 Å². The molecule has 0 unspecified atom stereocenters. The molecule has 25 heavy (non-hydrogen) atoms. The summed E-state index contributed by atoms with van der Waals surface area (Å²) in [4.78, 5) is 30.8. The number of carbonyl (C=O) groups excluding carboxylic acids is 2. The van der Waals surface area contributed by atoms with Crippen molar-refractivity contribution in [3.63, 3.8) is 0 Å². The standard InChI is InChI=1S/C19H21N3O2S/c1-13-8-9-14(12-16(13)22-11-4-3-7-17(22)23)21-18(24)15-6-5-10-20-19(15)25-2/h5-6,8-10,12H,3-4,7,11H2,1-2H3,(H,21,24). The summed E-state index contributed by atoms with van der Waals surface area (Å²) >= 11 is 1.44. The molecule has 1 aromatic heterocycles. The molecule has 0 aliphatic carbocycles.